The van der Waals surface area contributed by atoms with Gasteiger partial charge in [0.15, 0.2) is 0 Å². The van der Waals surface area contributed by atoms with Crippen LogP contribution in [-0.4, -0.2) is 43.6 Å². The lowest BCUT2D eigenvalue weighted by Gasteiger charge is -2.26. The largest absolute Gasteiger partial charge is 0.468 e. The quantitative estimate of drug-likeness (QED) is 0.748. The van der Waals surface area contributed by atoms with Crippen LogP contribution in [0, 0.1) is 0 Å². The molecule has 0 aliphatic heterocycles. The monoisotopic (exact) mass is 295 g/mol. The second kappa shape index (κ2) is 7.26. The minimum absolute atomic E-state index is 0.178. The first-order valence-corrected chi connectivity index (χ1v) is 7.12. The van der Waals surface area contributed by atoms with Crippen LogP contribution in [0.5, 0.6) is 0 Å². The molecule has 1 heterocycles. The summed E-state index contributed by atoms with van der Waals surface area (Å²) in [5.74, 6) is 0.0615. The summed E-state index contributed by atoms with van der Waals surface area (Å²) in [5, 5.41) is 0. The zero-order valence-corrected chi connectivity index (χ0v) is 12.5. The number of rotatable bonds is 6. The molecule has 0 amide bonds. The molecule has 1 aromatic rings. The van der Waals surface area contributed by atoms with Crippen molar-refractivity contribution in [3.8, 4) is 0 Å². The third kappa shape index (κ3) is 4.07. The average Bonchev–Trinajstić information content (AvgIpc) is 3.16. The van der Waals surface area contributed by atoms with Crippen molar-refractivity contribution < 1.29 is 23.5 Å². The minimum Gasteiger partial charge on any atom is -0.468 e. The minimum atomic E-state index is -0.498. The van der Waals surface area contributed by atoms with Gasteiger partial charge in [0, 0.05) is 6.04 Å². The number of carbonyl (C=O) groups is 2. The fourth-order valence-electron chi connectivity index (χ4n) is 2.69. The van der Waals surface area contributed by atoms with E-state index in [4.69, 9.17) is 9.15 Å². The molecule has 0 bridgehead atoms. The second-order valence-electron chi connectivity index (χ2n) is 5.18. The Morgan fingerprint density at radius 1 is 1.24 bits per heavy atom. The summed E-state index contributed by atoms with van der Waals surface area (Å²) < 4.78 is 14.8. The Bertz CT molecular complexity index is 490. The summed E-state index contributed by atoms with van der Waals surface area (Å²) in [6.07, 6.45) is 4.49. The Labute approximate surface area is 124 Å². The van der Waals surface area contributed by atoms with Crippen LogP contribution in [0.15, 0.2) is 16.5 Å². The van der Waals surface area contributed by atoms with Gasteiger partial charge in [-0.05, 0) is 25.0 Å². The molecule has 1 aliphatic rings. The molecule has 6 nitrogen and oxygen atoms in total. The standard InChI is InChI=1S/C15H21NO5/c1-19-14(17)10-16(11-5-3-4-6-11)9-12-7-8-13(21-12)15(18)20-2/h7-8,11H,3-6,9-10H2,1-2H3. The summed E-state index contributed by atoms with van der Waals surface area (Å²) in [6, 6.07) is 3.69. The number of methoxy groups -OCH3 is 2. The van der Waals surface area contributed by atoms with E-state index in [2.05, 4.69) is 9.64 Å². The van der Waals surface area contributed by atoms with Crippen molar-refractivity contribution in [3.63, 3.8) is 0 Å². The topological polar surface area (TPSA) is 69.0 Å². The van der Waals surface area contributed by atoms with Crippen LogP contribution in [0.25, 0.3) is 0 Å². The maximum Gasteiger partial charge on any atom is 0.373 e. The highest BCUT2D eigenvalue weighted by molar-refractivity contribution is 5.86. The molecule has 2 rings (SSSR count). The van der Waals surface area contributed by atoms with Crippen LogP contribution in [0.3, 0.4) is 0 Å². The van der Waals surface area contributed by atoms with E-state index in [1.54, 1.807) is 12.1 Å². The third-order valence-electron chi connectivity index (χ3n) is 3.81. The third-order valence-corrected chi connectivity index (χ3v) is 3.81. The van der Waals surface area contributed by atoms with Crippen LogP contribution < -0.4 is 0 Å². The molecule has 21 heavy (non-hydrogen) atoms. The van der Waals surface area contributed by atoms with Gasteiger partial charge < -0.3 is 13.9 Å². The van der Waals surface area contributed by atoms with Crippen molar-refractivity contribution in [2.24, 2.45) is 0 Å². The lowest BCUT2D eigenvalue weighted by Crippen LogP contribution is -2.37. The summed E-state index contributed by atoms with van der Waals surface area (Å²) in [6.45, 7) is 0.714. The number of carbonyl (C=O) groups excluding carboxylic acids is 2. The molecule has 0 saturated heterocycles. The van der Waals surface area contributed by atoms with Crippen LogP contribution in [0.4, 0.5) is 0 Å². The van der Waals surface area contributed by atoms with Gasteiger partial charge >= 0.3 is 11.9 Å². The molecule has 0 atom stereocenters. The first-order chi connectivity index (χ1) is 10.1. The zero-order valence-electron chi connectivity index (χ0n) is 12.5. The molecule has 0 N–H and O–H groups in total. The first-order valence-electron chi connectivity index (χ1n) is 7.12. The Morgan fingerprint density at radius 2 is 1.95 bits per heavy atom. The van der Waals surface area contributed by atoms with E-state index in [0.29, 0.717) is 18.3 Å². The highest BCUT2D eigenvalue weighted by Crippen LogP contribution is 2.25. The van der Waals surface area contributed by atoms with Crippen molar-refractivity contribution in [2.45, 2.75) is 38.3 Å². The molecule has 1 aromatic heterocycles. The smallest absolute Gasteiger partial charge is 0.373 e. The highest BCUT2D eigenvalue weighted by atomic mass is 16.5. The Balaban J connectivity index is 2.04. The lowest BCUT2D eigenvalue weighted by atomic mass is 10.2. The van der Waals surface area contributed by atoms with Gasteiger partial charge in [0.05, 0.1) is 27.3 Å². The predicted molar refractivity (Wildman–Crippen MR) is 74.7 cm³/mol. The number of furan rings is 1. The molecule has 0 aromatic carbocycles. The Kier molecular flexibility index (Phi) is 5.38. The summed E-state index contributed by atoms with van der Waals surface area (Å²) in [4.78, 5) is 25.0. The molecule has 6 heteroatoms. The molecule has 1 aliphatic carbocycles. The molecular weight excluding hydrogens is 274 g/mol. The Morgan fingerprint density at radius 3 is 2.57 bits per heavy atom. The zero-order chi connectivity index (χ0) is 15.2. The molecule has 1 saturated carbocycles. The number of esters is 2. The van der Waals surface area contributed by atoms with Gasteiger partial charge in [-0.1, -0.05) is 12.8 Å². The van der Waals surface area contributed by atoms with Crippen molar-refractivity contribution in [2.75, 3.05) is 20.8 Å². The van der Waals surface area contributed by atoms with Crippen LogP contribution in [-0.2, 0) is 20.8 Å². The van der Waals surface area contributed by atoms with E-state index < -0.39 is 5.97 Å². The number of hydrogen-bond donors (Lipinski definition) is 0. The molecule has 0 unspecified atom stereocenters. The van der Waals surface area contributed by atoms with Crippen LogP contribution in [0.1, 0.15) is 42.0 Å². The molecule has 0 spiro atoms. The fraction of sp³-hybridized carbons (Fsp3) is 0.600. The van der Waals surface area contributed by atoms with E-state index in [0.717, 1.165) is 12.8 Å². The summed E-state index contributed by atoms with van der Waals surface area (Å²) >= 11 is 0. The van der Waals surface area contributed by atoms with Gasteiger partial charge in [-0.25, -0.2) is 4.79 Å². The second-order valence-corrected chi connectivity index (χ2v) is 5.18. The molecule has 116 valence electrons. The number of nitrogens with zero attached hydrogens (tertiary/aromatic N) is 1. The van der Waals surface area contributed by atoms with Crippen LogP contribution >= 0.6 is 0 Å². The van der Waals surface area contributed by atoms with Crippen molar-refractivity contribution in [3.05, 3.63) is 23.7 Å². The summed E-state index contributed by atoms with van der Waals surface area (Å²) in [5.41, 5.74) is 0. The van der Waals surface area contributed by atoms with Crippen LogP contribution in [0.2, 0.25) is 0 Å². The van der Waals surface area contributed by atoms with Gasteiger partial charge in [0.25, 0.3) is 0 Å². The SMILES string of the molecule is COC(=O)CN(Cc1ccc(C(=O)OC)o1)C1CCCC1. The first kappa shape index (κ1) is 15.6. The van der Waals surface area contributed by atoms with Crippen molar-refractivity contribution in [1.82, 2.24) is 4.90 Å². The van der Waals surface area contributed by atoms with Gasteiger partial charge in [-0.3, -0.25) is 9.69 Å². The van der Waals surface area contributed by atoms with E-state index in [1.807, 2.05) is 0 Å². The molecule has 1 fully saturated rings. The van der Waals surface area contributed by atoms with E-state index in [-0.39, 0.29) is 18.3 Å². The fourth-order valence-corrected chi connectivity index (χ4v) is 2.69. The van der Waals surface area contributed by atoms with Crippen molar-refractivity contribution >= 4 is 11.9 Å². The van der Waals surface area contributed by atoms with Gasteiger partial charge in [-0.15, -0.1) is 0 Å². The van der Waals surface area contributed by atoms with E-state index >= 15 is 0 Å². The maximum absolute atomic E-state index is 11.6. The van der Waals surface area contributed by atoms with Crippen molar-refractivity contribution in [1.29, 1.82) is 0 Å². The molecule has 0 radical (unpaired) electrons. The van der Waals surface area contributed by atoms with Gasteiger partial charge in [0.2, 0.25) is 5.76 Å². The number of hydrogen-bond acceptors (Lipinski definition) is 6. The average molecular weight is 295 g/mol. The summed E-state index contributed by atoms with van der Waals surface area (Å²) in [7, 11) is 2.70. The van der Waals surface area contributed by atoms with Gasteiger partial charge in [-0.2, -0.15) is 0 Å². The predicted octanol–water partition coefficient (Wildman–Crippen LogP) is 1.98. The lowest BCUT2D eigenvalue weighted by molar-refractivity contribution is -0.142. The molecular formula is C15H21NO5. The normalized spacial score (nSPS) is 15.4. The van der Waals surface area contributed by atoms with E-state index in [1.165, 1.54) is 27.1 Å². The highest BCUT2D eigenvalue weighted by Gasteiger charge is 2.26. The number of ether oxygens (including phenoxy) is 2. The maximum atomic E-state index is 11.6. The van der Waals surface area contributed by atoms with E-state index in [9.17, 15) is 9.59 Å². The van der Waals surface area contributed by atoms with Gasteiger partial charge in [0.1, 0.15) is 5.76 Å². The Hall–Kier alpha value is -1.82.